The summed E-state index contributed by atoms with van der Waals surface area (Å²) in [5.74, 6) is -0.174. The highest BCUT2D eigenvalue weighted by Crippen LogP contribution is 2.30. The van der Waals surface area contributed by atoms with Gasteiger partial charge in [0.1, 0.15) is 5.82 Å². The first-order chi connectivity index (χ1) is 8.56. The standard InChI is InChI=1S/C15H18FNS/c1-10(2)17-9-12-8-13(16)5-6-14(12)15-7-4-11(3)18-15/h4-8,10,17H,9H2,1-3H3. The Kier molecular flexibility index (Phi) is 4.15. The molecule has 2 aromatic rings. The molecule has 0 spiro atoms. The minimum absolute atomic E-state index is 0.174. The molecule has 18 heavy (non-hydrogen) atoms. The predicted octanol–water partition coefficient (Wildman–Crippen LogP) is 4.36. The monoisotopic (exact) mass is 263 g/mol. The van der Waals surface area contributed by atoms with Gasteiger partial charge in [0, 0.05) is 22.3 Å². The summed E-state index contributed by atoms with van der Waals surface area (Å²) in [4.78, 5) is 2.48. The first kappa shape index (κ1) is 13.2. The molecule has 0 atom stereocenters. The SMILES string of the molecule is Cc1ccc(-c2ccc(F)cc2CNC(C)C)s1. The summed E-state index contributed by atoms with van der Waals surface area (Å²) in [5.41, 5.74) is 2.15. The van der Waals surface area contributed by atoms with Crippen molar-refractivity contribution in [2.24, 2.45) is 0 Å². The number of hydrogen-bond donors (Lipinski definition) is 1. The zero-order valence-corrected chi connectivity index (χ0v) is 11.8. The Labute approximate surface area is 112 Å². The number of nitrogens with one attached hydrogen (secondary N) is 1. The van der Waals surface area contributed by atoms with Crippen LogP contribution in [0.1, 0.15) is 24.3 Å². The van der Waals surface area contributed by atoms with E-state index in [4.69, 9.17) is 0 Å². The summed E-state index contributed by atoms with van der Waals surface area (Å²) in [6, 6.07) is 9.63. The molecule has 0 aliphatic carbocycles. The number of aryl methyl sites for hydroxylation is 1. The molecule has 0 aliphatic rings. The number of hydrogen-bond acceptors (Lipinski definition) is 2. The zero-order valence-electron chi connectivity index (χ0n) is 11.0. The smallest absolute Gasteiger partial charge is 0.123 e. The highest BCUT2D eigenvalue weighted by molar-refractivity contribution is 7.15. The summed E-state index contributed by atoms with van der Waals surface area (Å²) in [6.45, 7) is 6.97. The van der Waals surface area contributed by atoms with E-state index >= 15 is 0 Å². The summed E-state index contributed by atoms with van der Waals surface area (Å²) in [6.07, 6.45) is 0. The average molecular weight is 263 g/mol. The van der Waals surface area contributed by atoms with Gasteiger partial charge in [-0.2, -0.15) is 0 Å². The molecule has 0 unspecified atom stereocenters. The molecule has 2 rings (SSSR count). The van der Waals surface area contributed by atoms with Gasteiger partial charge in [-0.25, -0.2) is 4.39 Å². The van der Waals surface area contributed by atoms with Crippen molar-refractivity contribution in [3.63, 3.8) is 0 Å². The third-order valence-corrected chi connectivity index (χ3v) is 3.81. The van der Waals surface area contributed by atoms with Crippen LogP contribution in [-0.2, 0) is 6.54 Å². The number of rotatable bonds is 4. The molecule has 0 bridgehead atoms. The van der Waals surface area contributed by atoms with Crippen LogP contribution in [0.15, 0.2) is 30.3 Å². The van der Waals surface area contributed by atoms with E-state index in [9.17, 15) is 4.39 Å². The van der Waals surface area contributed by atoms with E-state index in [1.54, 1.807) is 17.4 Å². The molecule has 0 amide bonds. The summed E-state index contributed by atoms with van der Waals surface area (Å²) in [7, 11) is 0. The molecule has 0 saturated heterocycles. The van der Waals surface area contributed by atoms with Crippen LogP contribution in [0, 0.1) is 12.7 Å². The summed E-state index contributed by atoms with van der Waals surface area (Å²) >= 11 is 1.74. The molecule has 1 aromatic heterocycles. The molecule has 3 heteroatoms. The van der Waals surface area contributed by atoms with Gasteiger partial charge in [0.05, 0.1) is 0 Å². The van der Waals surface area contributed by atoms with Crippen molar-refractivity contribution in [1.29, 1.82) is 0 Å². The maximum absolute atomic E-state index is 13.4. The van der Waals surface area contributed by atoms with Crippen molar-refractivity contribution in [2.75, 3.05) is 0 Å². The Bertz CT molecular complexity index is 531. The molecule has 0 fully saturated rings. The van der Waals surface area contributed by atoms with Crippen LogP contribution in [-0.4, -0.2) is 6.04 Å². The average Bonchev–Trinajstić information content (AvgIpc) is 2.73. The molecule has 0 saturated carbocycles. The largest absolute Gasteiger partial charge is 0.310 e. The van der Waals surface area contributed by atoms with Gasteiger partial charge < -0.3 is 5.32 Å². The molecule has 0 aliphatic heterocycles. The van der Waals surface area contributed by atoms with Crippen LogP contribution >= 0.6 is 11.3 Å². The van der Waals surface area contributed by atoms with Crippen LogP contribution < -0.4 is 5.32 Å². The third-order valence-electron chi connectivity index (χ3n) is 2.77. The number of thiophene rings is 1. The lowest BCUT2D eigenvalue weighted by Gasteiger charge is -2.12. The molecule has 1 aromatic carbocycles. The van der Waals surface area contributed by atoms with Crippen LogP contribution in [0.25, 0.3) is 10.4 Å². The van der Waals surface area contributed by atoms with Crippen LogP contribution in [0.5, 0.6) is 0 Å². The number of halogens is 1. The lowest BCUT2D eigenvalue weighted by Crippen LogP contribution is -2.22. The van der Waals surface area contributed by atoms with Gasteiger partial charge in [0.2, 0.25) is 0 Å². The van der Waals surface area contributed by atoms with Crippen molar-refractivity contribution >= 4 is 11.3 Å². The van der Waals surface area contributed by atoms with Gasteiger partial charge in [-0.05, 0) is 42.3 Å². The Morgan fingerprint density at radius 1 is 1.22 bits per heavy atom. The van der Waals surface area contributed by atoms with E-state index in [0.29, 0.717) is 12.6 Å². The molecule has 96 valence electrons. The van der Waals surface area contributed by atoms with E-state index in [0.717, 1.165) is 11.1 Å². The van der Waals surface area contributed by atoms with Gasteiger partial charge in [-0.3, -0.25) is 0 Å². The third kappa shape index (κ3) is 3.18. The second-order valence-corrected chi connectivity index (χ2v) is 6.04. The predicted molar refractivity (Wildman–Crippen MR) is 76.4 cm³/mol. The molecule has 0 radical (unpaired) electrons. The van der Waals surface area contributed by atoms with Gasteiger partial charge in [-0.15, -0.1) is 11.3 Å². The highest BCUT2D eigenvalue weighted by atomic mass is 32.1. The fourth-order valence-corrected chi connectivity index (χ4v) is 2.77. The number of benzene rings is 1. The van der Waals surface area contributed by atoms with E-state index in [2.05, 4.69) is 38.2 Å². The van der Waals surface area contributed by atoms with Crippen molar-refractivity contribution in [3.8, 4) is 10.4 Å². The highest BCUT2D eigenvalue weighted by Gasteiger charge is 2.08. The van der Waals surface area contributed by atoms with E-state index in [1.165, 1.54) is 15.8 Å². The Morgan fingerprint density at radius 3 is 2.61 bits per heavy atom. The van der Waals surface area contributed by atoms with Crippen molar-refractivity contribution in [1.82, 2.24) is 5.32 Å². The Morgan fingerprint density at radius 2 is 2.00 bits per heavy atom. The van der Waals surface area contributed by atoms with Crippen molar-refractivity contribution < 1.29 is 4.39 Å². The molecule has 1 nitrogen and oxygen atoms in total. The molecule has 1 heterocycles. The lowest BCUT2D eigenvalue weighted by atomic mass is 10.1. The Balaban J connectivity index is 2.34. The van der Waals surface area contributed by atoms with Crippen molar-refractivity contribution in [3.05, 3.63) is 46.6 Å². The topological polar surface area (TPSA) is 12.0 Å². The van der Waals surface area contributed by atoms with Gasteiger partial charge >= 0.3 is 0 Å². The molecular weight excluding hydrogens is 245 g/mol. The first-order valence-corrected chi connectivity index (χ1v) is 6.96. The quantitative estimate of drug-likeness (QED) is 0.864. The maximum Gasteiger partial charge on any atom is 0.123 e. The van der Waals surface area contributed by atoms with Crippen LogP contribution in [0.2, 0.25) is 0 Å². The van der Waals surface area contributed by atoms with Gasteiger partial charge in [0.15, 0.2) is 0 Å². The van der Waals surface area contributed by atoms with E-state index in [-0.39, 0.29) is 5.82 Å². The van der Waals surface area contributed by atoms with Crippen LogP contribution in [0.3, 0.4) is 0 Å². The first-order valence-electron chi connectivity index (χ1n) is 6.15. The minimum atomic E-state index is -0.174. The molecule has 1 N–H and O–H groups in total. The van der Waals surface area contributed by atoms with Gasteiger partial charge in [-0.1, -0.05) is 19.9 Å². The van der Waals surface area contributed by atoms with Crippen molar-refractivity contribution in [2.45, 2.75) is 33.4 Å². The lowest BCUT2D eigenvalue weighted by molar-refractivity contribution is 0.582. The Hall–Kier alpha value is -1.19. The van der Waals surface area contributed by atoms with Gasteiger partial charge in [0.25, 0.3) is 0 Å². The normalized spacial score (nSPS) is 11.2. The molecular formula is C15H18FNS. The fraction of sp³-hybridized carbons (Fsp3) is 0.333. The minimum Gasteiger partial charge on any atom is -0.310 e. The van der Waals surface area contributed by atoms with E-state index in [1.807, 2.05) is 6.07 Å². The maximum atomic E-state index is 13.4. The van der Waals surface area contributed by atoms with E-state index < -0.39 is 0 Å². The summed E-state index contributed by atoms with van der Waals surface area (Å²) < 4.78 is 13.4. The van der Waals surface area contributed by atoms with Crippen LogP contribution in [0.4, 0.5) is 4.39 Å². The second-order valence-electron chi connectivity index (χ2n) is 4.75. The second kappa shape index (κ2) is 5.63. The zero-order chi connectivity index (χ0) is 13.1. The summed E-state index contributed by atoms with van der Waals surface area (Å²) in [5, 5.41) is 3.34. The fourth-order valence-electron chi connectivity index (χ4n) is 1.84.